The van der Waals surface area contributed by atoms with Crippen molar-refractivity contribution in [3.63, 3.8) is 0 Å². The van der Waals surface area contributed by atoms with Crippen molar-refractivity contribution in [1.29, 1.82) is 0 Å². The second kappa shape index (κ2) is 11.3. The van der Waals surface area contributed by atoms with Gasteiger partial charge in [-0.25, -0.2) is 0 Å². The third kappa shape index (κ3) is 9.09. The van der Waals surface area contributed by atoms with Crippen LogP contribution in [0.4, 0.5) is 0 Å². The van der Waals surface area contributed by atoms with Crippen LogP contribution in [0.25, 0.3) is 0 Å². The van der Waals surface area contributed by atoms with Crippen molar-refractivity contribution in [2.45, 2.75) is 13.8 Å². The van der Waals surface area contributed by atoms with Crippen LogP contribution in [0.15, 0.2) is 0 Å². The average Bonchev–Trinajstić information content (AvgIpc) is 2.30. The molecule has 1 atom stereocenters. The summed E-state index contributed by atoms with van der Waals surface area (Å²) in [6.07, 6.45) is 0. The molecule has 1 N–H and O–H groups in total. The minimum Gasteiger partial charge on any atom is -0.383 e. The molecule has 4 nitrogen and oxygen atoms in total. The van der Waals surface area contributed by atoms with Gasteiger partial charge in [0.2, 0.25) is 0 Å². The van der Waals surface area contributed by atoms with Crippen molar-refractivity contribution in [3.05, 3.63) is 0 Å². The van der Waals surface area contributed by atoms with E-state index in [1.54, 1.807) is 14.2 Å². The highest BCUT2D eigenvalue weighted by molar-refractivity contribution is 4.64. The molecule has 0 heterocycles. The fraction of sp³-hybridized carbons (Fsp3) is 1.00. The molecular weight excluding hydrogens is 204 g/mol. The fourth-order valence-corrected chi connectivity index (χ4v) is 1.63. The Kier molecular flexibility index (Phi) is 11.2. The van der Waals surface area contributed by atoms with Crippen molar-refractivity contribution in [2.24, 2.45) is 5.92 Å². The lowest BCUT2D eigenvalue weighted by Gasteiger charge is -2.25. The maximum atomic E-state index is 5.12. The third-order valence-corrected chi connectivity index (χ3v) is 2.54. The molecular formula is C12H28N2O2. The molecule has 16 heavy (non-hydrogen) atoms. The van der Waals surface area contributed by atoms with Gasteiger partial charge in [-0.05, 0) is 19.0 Å². The van der Waals surface area contributed by atoms with Gasteiger partial charge in [0.15, 0.2) is 0 Å². The number of rotatable bonds is 11. The van der Waals surface area contributed by atoms with E-state index < -0.39 is 0 Å². The zero-order valence-corrected chi connectivity index (χ0v) is 11.3. The van der Waals surface area contributed by atoms with Gasteiger partial charge in [0, 0.05) is 33.9 Å². The van der Waals surface area contributed by atoms with Crippen LogP contribution in [0, 0.1) is 5.92 Å². The Labute approximate surface area is 100 Å². The molecule has 1 unspecified atom stereocenters. The molecule has 0 saturated heterocycles. The van der Waals surface area contributed by atoms with E-state index in [0.29, 0.717) is 5.92 Å². The average molecular weight is 232 g/mol. The minimum absolute atomic E-state index is 0.661. The van der Waals surface area contributed by atoms with E-state index in [1.165, 1.54) is 0 Å². The molecule has 0 fully saturated rings. The van der Waals surface area contributed by atoms with E-state index in [-0.39, 0.29) is 0 Å². The van der Waals surface area contributed by atoms with Crippen LogP contribution in [0.2, 0.25) is 0 Å². The Morgan fingerprint density at radius 3 is 2.12 bits per heavy atom. The van der Waals surface area contributed by atoms with Gasteiger partial charge in [0.25, 0.3) is 0 Å². The van der Waals surface area contributed by atoms with Crippen LogP contribution in [0.5, 0.6) is 0 Å². The molecule has 0 rings (SSSR count). The van der Waals surface area contributed by atoms with E-state index in [4.69, 9.17) is 9.47 Å². The highest BCUT2D eigenvalue weighted by atomic mass is 16.5. The van der Waals surface area contributed by atoms with E-state index in [1.807, 2.05) is 0 Å². The summed E-state index contributed by atoms with van der Waals surface area (Å²) in [5, 5.41) is 3.38. The first kappa shape index (κ1) is 15.8. The Hall–Kier alpha value is -0.160. The second-order valence-corrected chi connectivity index (χ2v) is 4.20. The van der Waals surface area contributed by atoms with Gasteiger partial charge in [0.1, 0.15) is 0 Å². The van der Waals surface area contributed by atoms with E-state index in [0.717, 1.165) is 45.9 Å². The normalized spacial score (nSPS) is 13.3. The molecule has 0 saturated carbocycles. The summed E-state index contributed by atoms with van der Waals surface area (Å²) in [6.45, 7) is 11.2. The molecule has 0 aromatic carbocycles. The third-order valence-electron chi connectivity index (χ3n) is 2.54. The molecule has 4 heteroatoms. The summed E-state index contributed by atoms with van der Waals surface area (Å²) < 4.78 is 10.2. The SMILES string of the molecule is CCNCC(C)CN(CCOC)CCOC. The molecule has 0 aromatic heterocycles. The van der Waals surface area contributed by atoms with E-state index in [9.17, 15) is 0 Å². The van der Waals surface area contributed by atoms with Crippen molar-refractivity contribution in [3.8, 4) is 0 Å². The van der Waals surface area contributed by atoms with Gasteiger partial charge < -0.3 is 14.8 Å². The standard InChI is InChI=1S/C12H28N2O2/c1-5-13-10-12(2)11-14(6-8-15-3)7-9-16-4/h12-13H,5-11H2,1-4H3. The Morgan fingerprint density at radius 1 is 1.12 bits per heavy atom. The Bertz CT molecular complexity index is 137. The monoisotopic (exact) mass is 232 g/mol. The van der Waals surface area contributed by atoms with Crippen LogP contribution in [0.1, 0.15) is 13.8 Å². The topological polar surface area (TPSA) is 33.7 Å². The van der Waals surface area contributed by atoms with Gasteiger partial charge >= 0.3 is 0 Å². The van der Waals surface area contributed by atoms with Crippen molar-refractivity contribution in [1.82, 2.24) is 10.2 Å². The summed E-state index contributed by atoms with van der Waals surface area (Å²) in [7, 11) is 3.49. The lowest BCUT2D eigenvalue weighted by molar-refractivity contribution is 0.105. The first-order valence-electron chi connectivity index (χ1n) is 6.15. The molecule has 0 bridgehead atoms. The van der Waals surface area contributed by atoms with Gasteiger partial charge in [-0.1, -0.05) is 13.8 Å². The van der Waals surface area contributed by atoms with Gasteiger partial charge in [-0.3, -0.25) is 4.90 Å². The highest BCUT2D eigenvalue weighted by Gasteiger charge is 2.09. The zero-order valence-electron chi connectivity index (χ0n) is 11.3. The molecule has 0 amide bonds. The summed E-state index contributed by atoms with van der Waals surface area (Å²) >= 11 is 0. The predicted octanol–water partition coefficient (Wildman–Crippen LogP) is 0.827. The minimum atomic E-state index is 0.661. The molecule has 0 aromatic rings. The van der Waals surface area contributed by atoms with Crippen molar-refractivity contribution >= 4 is 0 Å². The van der Waals surface area contributed by atoms with Crippen molar-refractivity contribution < 1.29 is 9.47 Å². The van der Waals surface area contributed by atoms with Crippen LogP contribution < -0.4 is 5.32 Å². The quantitative estimate of drug-likeness (QED) is 0.572. The van der Waals surface area contributed by atoms with Crippen molar-refractivity contribution in [2.75, 3.05) is 60.2 Å². The maximum absolute atomic E-state index is 5.12. The zero-order chi connectivity index (χ0) is 12.2. The largest absolute Gasteiger partial charge is 0.383 e. The van der Waals surface area contributed by atoms with Crippen LogP contribution >= 0.6 is 0 Å². The van der Waals surface area contributed by atoms with E-state index >= 15 is 0 Å². The number of hydrogen-bond acceptors (Lipinski definition) is 4. The summed E-state index contributed by atoms with van der Waals surface area (Å²) in [5.74, 6) is 0.661. The molecule has 98 valence electrons. The number of ether oxygens (including phenoxy) is 2. The molecule has 0 spiro atoms. The smallest absolute Gasteiger partial charge is 0.0589 e. The first-order chi connectivity index (χ1) is 7.74. The Morgan fingerprint density at radius 2 is 1.69 bits per heavy atom. The van der Waals surface area contributed by atoms with Gasteiger partial charge in [0.05, 0.1) is 13.2 Å². The summed E-state index contributed by atoms with van der Waals surface area (Å²) in [6, 6.07) is 0. The maximum Gasteiger partial charge on any atom is 0.0589 e. The lowest BCUT2D eigenvalue weighted by Crippen LogP contribution is -2.37. The predicted molar refractivity (Wildman–Crippen MR) is 67.9 cm³/mol. The van der Waals surface area contributed by atoms with E-state index in [2.05, 4.69) is 24.1 Å². The van der Waals surface area contributed by atoms with Gasteiger partial charge in [-0.15, -0.1) is 0 Å². The number of nitrogens with zero attached hydrogens (tertiary/aromatic N) is 1. The number of hydrogen-bond donors (Lipinski definition) is 1. The van der Waals surface area contributed by atoms with Gasteiger partial charge in [-0.2, -0.15) is 0 Å². The molecule has 0 aliphatic heterocycles. The molecule has 0 radical (unpaired) electrons. The second-order valence-electron chi connectivity index (χ2n) is 4.20. The van der Waals surface area contributed by atoms with Crippen LogP contribution in [-0.4, -0.2) is 65.1 Å². The van der Waals surface area contributed by atoms with Crippen LogP contribution in [0.3, 0.4) is 0 Å². The lowest BCUT2D eigenvalue weighted by atomic mass is 10.1. The molecule has 0 aliphatic rings. The molecule has 0 aliphatic carbocycles. The summed E-state index contributed by atoms with van der Waals surface area (Å²) in [4.78, 5) is 2.40. The van der Waals surface area contributed by atoms with Crippen LogP contribution in [-0.2, 0) is 9.47 Å². The highest BCUT2D eigenvalue weighted by Crippen LogP contribution is 1.99. The first-order valence-corrected chi connectivity index (χ1v) is 6.15. The number of methoxy groups -OCH3 is 2. The fourth-order valence-electron chi connectivity index (χ4n) is 1.63. The number of nitrogens with one attached hydrogen (secondary N) is 1. The summed E-state index contributed by atoms with van der Waals surface area (Å²) in [5.41, 5.74) is 0. The Balaban J connectivity index is 3.78.